The van der Waals surface area contributed by atoms with E-state index in [0.29, 0.717) is 12.3 Å². The molecule has 33 heavy (non-hydrogen) atoms. The summed E-state index contributed by atoms with van der Waals surface area (Å²) in [5, 5.41) is 13.6. The number of aliphatic hydroxyl groups excluding tert-OH is 1. The van der Waals surface area contributed by atoms with Crippen molar-refractivity contribution < 1.29 is 19.1 Å². The van der Waals surface area contributed by atoms with Crippen LogP contribution in [0.25, 0.3) is 0 Å². The predicted octanol–water partition coefficient (Wildman–Crippen LogP) is 4.89. The monoisotopic (exact) mass is 466 g/mol. The average Bonchev–Trinajstić information content (AvgIpc) is 2.96. The number of thioether (sulfide) groups is 1. The number of aliphatic hydroxyl groups is 1. The molecule has 2 heterocycles. The number of carbonyl (C=O) groups is 2. The Morgan fingerprint density at radius 1 is 1.21 bits per heavy atom. The number of hydrogen-bond acceptors (Lipinski definition) is 5. The molecule has 2 aliphatic heterocycles. The SMILES string of the molecule is C=CC(=O)/C(O)=C/C(=O)N1C[C@H](C)CC[C@H]1N[C@H]1c2ccc(F)cc2CSc2ccccc21. The van der Waals surface area contributed by atoms with Crippen molar-refractivity contribution in [3.8, 4) is 0 Å². The van der Waals surface area contributed by atoms with Crippen molar-refractivity contribution in [3.63, 3.8) is 0 Å². The van der Waals surface area contributed by atoms with Gasteiger partial charge in [-0.25, -0.2) is 4.39 Å². The summed E-state index contributed by atoms with van der Waals surface area (Å²) in [6.45, 7) is 5.92. The second-order valence-corrected chi connectivity index (χ2v) is 9.57. The molecule has 0 spiro atoms. The number of ketones is 1. The Kier molecular flexibility index (Phi) is 7.00. The van der Waals surface area contributed by atoms with E-state index in [1.165, 1.54) is 6.07 Å². The van der Waals surface area contributed by atoms with Gasteiger partial charge in [-0.15, -0.1) is 11.8 Å². The normalized spacial score (nSPS) is 22.7. The lowest BCUT2D eigenvalue weighted by atomic mass is 9.92. The number of allylic oxidation sites excluding steroid dienone is 1. The largest absolute Gasteiger partial charge is 0.504 e. The van der Waals surface area contributed by atoms with Crippen molar-refractivity contribution in [1.82, 2.24) is 10.2 Å². The van der Waals surface area contributed by atoms with Crippen LogP contribution in [-0.4, -0.2) is 34.4 Å². The fourth-order valence-electron chi connectivity index (χ4n) is 4.47. The third-order valence-electron chi connectivity index (χ3n) is 6.19. The highest BCUT2D eigenvalue weighted by atomic mass is 32.2. The number of nitrogens with one attached hydrogen (secondary N) is 1. The zero-order valence-electron chi connectivity index (χ0n) is 18.5. The van der Waals surface area contributed by atoms with E-state index in [0.717, 1.165) is 46.6 Å². The van der Waals surface area contributed by atoms with Crippen LogP contribution in [0, 0.1) is 11.7 Å². The summed E-state index contributed by atoms with van der Waals surface area (Å²) >= 11 is 1.67. The van der Waals surface area contributed by atoms with Crippen molar-refractivity contribution >= 4 is 23.5 Å². The van der Waals surface area contributed by atoms with Crippen LogP contribution in [0.5, 0.6) is 0 Å². The minimum atomic E-state index is -0.691. The molecular weight excluding hydrogens is 439 g/mol. The molecule has 0 aliphatic carbocycles. The van der Waals surface area contributed by atoms with Crippen molar-refractivity contribution in [3.05, 3.63) is 89.5 Å². The van der Waals surface area contributed by atoms with Crippen LogP contribution in [0.2, 0.25) is 0 Å². The average molecular weight is 467 g/mol. The van der Waals surface area contributed by atoms with E-state index < -0.39 is 17.4 Å². The summed E-state index contributed by atoms with van der Waals surface area (Å²) in [4.78, 5) is 27.5. The number of halogens is 1. The van der Waals surface area contributed by atoms with Gasteiger partial charge in [0.1, 0.15) is 5.82 Å². The van der Waals surface area contributed by atoms with E-state index in [1.54, 1.807) is 22.7 Å². The lowest BCUT2D eigenvalue weighted by molar-refractivity contribution is -0.132. The van der Waals surface area contributed by atoms with Gasteiger partial charge in [0.05, 0.1) is 12.2 Å². The Bertz CT molecular complexity index is 1120. The minimum Gasteiger partial charge on any atom is -0.504 e. The quantitative estimate of drug-likeness (QED) is 0.485. The number of likely N-dealkylation sites (tertiary alicyclic amines) is 1. The summed E-state index contributed by atoms with van der Waals surface area (Å²) in [6, 6.07) is 12.7. The molecule has 2 aromatic carbocycles. The van der Waals surface area contributed by atoms with Gasteiger partial charge in [-0.3, -0.25) is 14.9 Å². The number of carbonyl (C=O) groups excluding carboxylic acids is 2. The topological polar surface area (TPSA) is 69.6 Å². The third-order valence-corrected chi connectivity index (χ3v) is 7.33. The van der Waals surface area contributed by atoms with Crippen LogP contribution < -0.4 is 5.32 Å². The fourth-order valence-corrected chi connectivity index (χ4v) is 5.56. The van der Waals surface area contributed by atoms with Gasteiger partial charge in [0.2, 0.25) is 5.78 Å². The third kappa shape index (κ3) is 5.04. The van der Waals surface area contributed by atoms with E-state index in [1.807, 2.05) is 18.2 Å². The summed E-state index contributed by atoms with van der Waals surface area (Å²) < 4.78 is 14.0. The first kappa shape index (κ1) is 23.3. The molecule has 4 rings (SSSR count). The Morgan fingerprint density at radius 3 is 2.79 bits per heavy atom. The molecule has 2 N–H and O–H groups in total. The summed E-state index contributed by atoms with van der Waals surface area (Å²) in [7, 11) is 0. The second-order valence-electron chi connectivity index (χ2n) is 8.56. The molecule has 5 nitrogen and oxygen atoms in total. The maximum Gasteiger partial charge on any atom is 0.251 e. The first-order chi connectivity index (χ1) is 15.9. The number of piperidine rings is 1. The molecule has 0 saturated carbocycles. The summed E-state index contributed by atoms with van der Waals surface area (Å²) in [5.74, 6) is -1.06. The Labute approximate surface area is 197 Å². The maximum absolute atomic E-state index is 14.0. The van der Waals surface area contributed by atoms with E-state index >= 15 is 0 Å². The standard InChI is InChI=1S/C26H27FN2O3S/c1-3-21(30)22(31)13-25(32)29-14-16(2)8-11-24(29)28-26-19-10-9-18(27)12-17(19)15-33-23-7-5-4-6-20(23)26/h3-7,9-10,12-13,16,24,26,28,31H,1,8,11,14-15H2,2H3/b22-13-/t16-,24+,26+/m1/s1. The lowest BCUT2D eigenvalue weighted by Gasteiger charge is -2.41. The van der Waals surface area contributed by atoms with Gasteiger partial charge in [-0.1, -0.05) is 37.8 Å². The molecule has 0 bridgehead atoms. The van der Waals surface area contributed by atoms with Crippen LogP contribution in [0.1, 0.15) is 42.5 Å². The molecular formula is C26H27FN2O3S. The number of nitrogens with zero attached hydrogens (tertiary/aromatic N) is 1. The predicted molar refractivity (Wildman–Crippen MR) is 127 cm³/mol. The van der Waals surface area contributed by atoms with Gasteiger partial charge in [-0.2, -0.15) is 0 Å². The molecule has 1 saturated heterocycles. The van der Waals surface area contributed by atoms with Crippen molar-refractivity contribution in [2.75, 3.05) is 6.54 Å². The first-order valence-corrected chi connectivity index (χ1v) is 12.0. The van der Waals surface area contributed by atoms with Gasteiger partial charge in [-0.05, 0) is 59.7 Å². The highest BCUT2D eigenvalue weighted by Crippen LogP contribution is 2.40. The molecule has 0 aromatic heterocycles. The molecule has 3 atom stereocenters. The Morgan fingerprint density at radius 2 is 2.00 bits per heavy atom. The highest BCUT2D eigenvalue weighted by Gasteiger charge is 2.33. The highest BCUT2D eigenvalue weighted by molar-refractivity contribution is 7.98. The van der Waals surface area contributed by atoms with Crippen LogP contribution in [-0.2, 0) is 15.3 Å². The Balaban J connectivity index is 1.69. The van der Waals surface area contributed by atoms with Gasteiger partial charge in [0.15, 0.2) is 5.76 Å². The zero-order valence-corrected chi connectivity index (χ0v) is 19.3. The zero-order chi connectivity index (χ0) is 23.5. The van der Waals surface area contributed by atoms with E-state index in [2.05, 4.69) is 31.0 Å². The molecule has 0 unspecified atom stereocenters. The number of benzene rings is 2. The number of hydrogen-bond donors (Lipinski definition) is 2. The molecule has 1 fully saturated rings. The van der Waals surface area contributed by atoms with Crippen LogP contribution >= 0.6 is 11.8 Å². The molecule has 2 aromatic rings. The van der Waals surface area contributed by atoms with E-state index in [-0.39, 0.29) is 23.9 Å². The van der Waals surface area contributed by atoms with Gasteiger partial charge < -0.3 is 10.0 Å². The fraction of sp³-hybridized carbons (Fsp3) is 0.308. The molecule has 7 heteroatoms. The number of rotatable bonds is 5. The molecule has 172 valence electrons. The molecule has 2 aliphatic rings. The van der Waals surface area contributed by atoms with E-state index in [4.69, 9.17) is 0 Å². The Hall–Kier alpha value is -2.90. The van der Waals surface area contributed by atoms with Crippen LogP contribution in [0.4, 0.5) is 4.39 Å². The van der Waals surface area contributed by atoms with Crippen LogP contribution in [0.15, 0.2) is 71.9 Å². The molecule has 1 amide bonds. The summed E-state index contributed by atoms with van der Waals surface area (Å²) in [6.07, 6.45) is 3.29. The van der Waals surface area contributed by atoms with Gasteiger partial charge in [0.25, 0.3) is 5.91 Å². The maximum atomic E-state index is 14.0. The van der Waals surface area contributed by atoms with Crippen molar-refractivity contribution in [2.45, 2.75) is 42.6 Å². The lowest BCUT2D eigenvalue weighted by Crippen LogP contribution is -2.54. The first-order valence-electron chi connectivity index (χ1n) is 11.0. The van der Waals surface area contributed by atoms with Crippen LogP contribution in [0.3, 0.4) is 0 Å². The van der Waals surface area contributed by atoms with Crippen molar-refractivity contribution in [1.29, 1.82) is 0 Å². The number of fused-ring (bicyclic) bond motifs is 2. The van der Waals surface area contributed by atoms with Gasteiger partial charge >= 0.3 is 0 Å². The second kappa shape index (κ2) is 9.93. The van der Waals surface area contributed by atoms with Crippen molar-refractivity contribution in [2.24, 2.45) is 5.92 Å². The minimum absolute atomic E-state index is 0.229. The molecule has 0 radical (unpaired) electrons. The number of amides is 1. The van der Waals surface area contributed by atoms with Gasteiger partial charge in [0, 0.05) is 23.3 Å². The summed E-state index contributed by atoms with van der Waals surface area (Å²) in [5.41, 5.74) is 2.99. The smallest absolute Gasteiger partial charge is 0.251 e. The van der Waals surface area contributed by atoms with E-state index in [9.17, 15) is 19.1 Å².